The van der Waals surface area contributed by atoms with Crippen LogP contribution in [0.5, 0.6) is 0 Å². The summed E-state index contributed by atoms with van der Waals surface area (Å²) in [5, 5.41) is 5.03. The van der Waals surface area contributed by atoms with Crippen LogP contribution in [0.25, 0.3) is 0 Å². The zero-order valence-corrected chi connectivity index (χ0v) is 9.18. The summed E-state index contributed by atoms with van der Waals surface area (Å²) >= 11 is 0. The van der Waals surface area contributed by atoms with E-state index >= 15 is 0 Å². The van der Waals surface area contributed by atoms with Crippen LogP contribution in [-0.2, 0) is 10.0 Å². The molecule has 1 aliphatic carbocycles. The molecule has 2 N–H and O–H groups in total. The van der Waals surface area contributed by atoms with Crippen LogP contribution in [0, 0.1) is 0 Å². The van der Waals surface area contributed by atoms with E-state index in [0.717, 1.165) is 0 Å². The van der Waals surface area contributed by atoms with Crippen molar-refractivity contribution in [2.24, 2.45) is 5.14 Å². The third-order valence-electron chi connectivity index (χ3n) is 2.76. The first-order valence-corrected chi connectivity index (χ1v) is 6.34. The van der Waals surface area contributed by atoms with E-state index in [2.05, 4.69) is 0 Å². The smallest absolute Gasteiger partial charge is 0.225 e. The minimum atomic E-state index is -3.84. The summed E-state index contributed by atoms with van der Waals surface area (Å²) < 4.78 is 47.9. The van der Waals surface area contributed by atoms with Crippen LogP contribution in [-0.4, -0.2) is 14.3 Å². The number of halogens is 2. The maximum absolute atomic E-state index is 12.7. The van der Waals surface area contributed by atoms with Gasteiger partial charge in [-0.3, -0.25) is 0 Å². The molecule has 16 heavy (non-hydrogen) atoms. The Morgan fingerprint density at radius 3 is 2.31 bits per heavy atom. The molecule has 0 amide bonds. The van der Waals surface area contributed by atoms with Crippen molar-refractivity contribution >= 4 is 10.0 Å². The molecule has 1 aliphatic rings. The van der Waals surface area contributed by atoms with Crippen LogP contribution in [0.15, 0.2) is 29.2 Å². The number of hydrogen-bond acceptors (Lipinski definition) is 2. The Bertz CT molecular complexity index is 505. The molecule has 1 saturated carbocycles. The van der Waals surface area contributed by atoms with Gasteiger partial charge in [0, 0.05) is 12.8 Å². The lowest BCUT2D eigenvalue weighted by atomic mass is 9.77. The second-order valence-electron chi connectivity index (χ2n) is 4.04. The molecule has 1 fully saturated rings. The molecular weight excluding hydrogens is 236 g/mol. The van der Waals surface area contributed by atoms with Gasteiger partial charge in [-0.05, 0) is 17.5 Å². The van der Waals surface area contributed by atoms with Gasteiger partial charge in [0.25, 0.3) is 0 Å². The molecule has 3 nitrogen and oxygen atoms in total. The van der Waals surface area contributed by atoms with Crippen molar-refractivity contribution in [2.75, 3.05) is 0 Å². The standard InChI is InChI=1S/C10H11F2NO2S/c11-10(12)5-7(6-10)8-3-1-2-4-9(8)16(13,14)15/h1-4,7H,5-6H2,(H2,13,14,15). The zero-order valence-electron chi connectivity index (χ0n) is 8.36. The lowest BCUT2D eigenvalue weighted by Crippen LogP contribution is -2.34. The fourth-order valence-corrected chi connectivity index (χ4v) is 2.79. The van der Waals surface area contributed by atoms with E-state index < -0.39 is 21.9 Å². The molecule has 0 radical (unpaired) electrons. The Balaban J connectivity index is 2.36. The van der Waals surface area contributed by atoms with Gasteiger partial charge in [0.2, 0.25) is 15.9 Å². The Kier molecular flexibility index (Phi) is 2.51. The SMILES string of the molecule is NS(=O)(=O)c1ccccc1C1CC(F)(F)C1. The normalized spacial score (nSPS) is 20.4. The Morgan fingerprint density at radius 2 is 1.81 bits per heavy atom. The summed E-state index contributed by atoms with van der Waals surface area (Å²) in [5.41, 5.74) is 0.399. The highest BCUT2D eigenvalue weighted by Crippen LogP contribution is 2.49. The van der Waals surface area contributed by atoms with Crippen molar-refractivity contribution in [2.45, 2.75) is 29.6 Å². The Morgan fingerprint density at radius 1 is 1.25 bits per heavy atom. The van der Waals surface area contributed by atoms with Gasteiger partial charge in [-0.1, -0.05) is 18.2 Å². The van der Waals surface area contributed by atoms with Crippen molar-refractivity contribution in [3.8, 4) is 0 Å². The van der Waals surface area contributed by atoms with E-state index in [1.54, 1.807) is 12.1 Å². The summed E-state index contributed by atoms with van der Waals surface area (Å²) in [6.45, 7) is 0. The summed E-state index contributed by atoms with van der Waals surface area (Å²) in [6.07, 6.45) is -0.612. The lowest BCUT2D eigenvalue weighted by Gasteiger charge is -2.35. The highest BCUT2D eigenvalue weighted by atomic mass is 32.2. The van der Waals surface area contributed by atoms with E-state index in [-0.39, 0.29) is 17.7 Å². The number of hydrogen-bond donors (Lipinski definition) is 1. The molecule has 1 aromatic rings. The van der Waals surface area contributed by atoms with Gasteiger partial charge in [0.05, 0.1) is 4.90 Å². The minimum Gasteiger partial charge on any atom is -0.225 e. The number of benzene rings is 1. The average Bonchev–Trinajstić information content (AvgIpc) is 2.12. The van der Waals surface area contributed by atoms with E-state index in [4.69, 9.17) is 5.14 Å². The molecule has 1 aromatic carbocycles. The molecule has 0 heterocycles. The predicted octanol–water partition coefficient (Wildman–Crippen LogP) is 1.85. The molecule has 88 valence electrons. The molecular formula is C10H11F2NO2S. The van der Waals surface area contributed by atoms with Gasteiger partial charge in [0.1, 0.15) is 0 Å². The predicted molar refractivity (Wildman–Crippen MR) is 54.7 cm³/mol. The van der Waals surface area contributed by atoms with Gasteiger partial charge in [-0.2, -0.15) is 0 Å². The summed E-state index contributed by atoms with van der Waals surface area (Å²) in [7, 11) is -3.84. The van der Waals surface area contributed by atoms with Crippen molar-refractivity contribution < 1.29 is 17.2 Å². The van der Waals surface area contributed by atoms with E-state index in [0.29, 0.717) is 5.56 Å². The molecule has 0 aromatic heterocycles. The molecule has 2 rings (SSSR count). The minimum absolute atomic E-state index is 0.0458. The lowest BCUT2D eigenvalue weighted by molar-refractivity contribution is -0.0873. The molecule has 0 bridgehead atoms. The number of nitrogens with two attached hydrogens (primary N) is 1. The largest absolute Gasteiger partial charge is 0.249 e. The molecule has 0 spiro atoms. The summed E-state index contributed by atoms with van der Waals surface area (Å²) in [4.78, 5) is -0.0458. The summed E-state index contributed by atoms with van der Waals surface area (Å²) in [5.74, 6) is -3.08. The van der Waals surface area contributed by atoms with E-state index in [1.165, 1.54) is 12.1 Å². The highest BCUT2D eigenvalue weighted by molar-refractivity contribution is 7.89. The second kappa shape index (κ2) is 3.49. The van der Waals surface area contributed by atoms with Gasteiger partial charge in [-0.15, -0.1) is 0 Å². The first kappa shape index (κ1) is 11.5. The zero-order chi connectivity index (χ0) is 12.0. The Labute approximate surface area is 92.3 Å². The summed E-state index contributed by atoms with van der Waals surface area (Å²) in [6, 6.07) is 6.04. The van der Waals surface area contributed by atoms with Gasteiger partial charge < -0.3 is 0 Å². The second-order valence-corrected chi connectivity index (χ2v) is 5.57. The maximum atomic E-state index is 12.7. The van der Waals surface area contributed by atoms with Gasteiger partial charge in [0.15, 0.2) is 0 Å². The third-order valence-corrected chi connectivity index (χ3v) is 3.74. The average molecular weight is 247 g/mol. The maximum Gasteiger partial charge on any atom is 0.249 e. The van der Waals surface area contributed by atoms with Crippen molar-refractivity contribution in [1.29, 1.82) is 0 Å². The fourth-order valence-electron chi connectivity index (χ4n) is 1.96. The first-order valence-electron chi connectivity index (χ1n) is 4.79. The highest BCUT2D eigenvalue weighted by Gasteiger charge is 2.46. The number of primary sulfonamides is 1. The number of sulfonamides is 1. The van der Waals surface area contributed by atoms with Crippen LogP contribution in [0.4, 0.5) is 8.78 Å². The van der Waals surface area contributed by atoms with Crippen molar-refractivity contribution in [3.63, 3.8) is 0 Å². The van der Waals surface area contributed by atoms with Crippen LogP contribution < -0.4 is 5.14 Å². The van der Waals surface area contributed by atoms with E-state index in [1.807, 2.05) is 0 Å². The molecule has 0 saturated heterocycles. The van der Waals surface area contributed by atoms with Gasteiger partial charge in [-0.25, -0.2) is 22.3 Å². The molecule has 6 heteroatoms. The quantitative estimate of drug-likeness (QED) is 0.866. The number of rotatable bonds is 2. The van der Waals surface area contributed by atoms with Crippen LogP contribution >= 0.6 is 0 Å². The topological polar surface area (TPSA) is 60.2 Å². The Hall–Kier alpha value is -1.01. The third kappa shape index (κ3) is 2.08. The van der Waals surface area contributed by atoms with Crippen molar-refractivity contribution in [3.05, 3.63) is 29.8 Å². The number of alkyl halides is 2. The molecule has 0 unspecified atom stereocenters. The molecule has 0 atom stereocenters. The van der Waals surface area contributed by atoms with Crippen LogP contribution in [0.2, 0.25) is 0 Å². The van der Waals surface area contributed by atoms with Crippen molar-refractivity contribution in [1.82, 2.24) is 0 Å². The van der Waals surface area contributed by atoms with Gasteiger partial charge >= 0.3 is 0 Å². The fraction of sp³-hybridized carbons (Fsp3) is 0.400. The van der Waals surface area contributed by atoms with E-state index in [9.17, 15) is 17.2 Å². The molecule has 0 aliphatic heterocycles. The van der Waals surface area contributed by atoms with Crippen LogP contribution in [0.3, 0.4) is 0 Å². The first-order chi connectivity index (χ1) is 7.30. The van der Waals surface area contributed by atoms with Crippen LogP contribution in [0.1, 0.15) is 24.3 Å². The monoisotopic (exact) mass is 247 g/mol.